The molecule has 0 aliphatic rings. The molecule has 21 heavy (non-hydrogen) atoms. The molecular formula is C16H18O5. The number of phenolic OH excluding ortho intramolecular Hbond substituents is 1. The summed E-state index contributed by atoms with van der Waals surface area (Å²) in [5.41, 5.74) is 1.21. The number of rotatable bonds is 4. The third kappa shape index (κ3) is 2.92. The van der Waals surface area contributed by atoms with Crippen LogP contribution in [-0.4, -0.2) is 17.3 Å². The molecule has 0 aliphatic heterocycles. The number of benzene rings is 1. The minimum absolute atomic E-state index is 0.105. The number of allylic oxidation sites excluding steroid dienone is 2. The summed E-state index contributed by atoms with van der Waals surface area (Å²) in [5, 5.41) is 20.1. The van der Waals surface area contributed by atoms with Crippen molar-refractivity contribution in [2.45, 2.75) is 26.9 Å². The molecule has 5 heteroatoms. The Kier molecular flexibility index (Phi) is 4.33. The maximum absolute atomic E-state index is 12.0. The second kappa shape index (κ2) is 6.01. The van der Waals surface area contributed by atoms with Crippen LogP contribution in [0.2, 0.25) is 0 Å². The Bertz CT molecular complexity index is 751. The molecule has 0 bridgehead atoms. The predicted octanol–water partition coefficient (Wildman–Crippen LogP) is 2.51. The van der Waals surface area contributed by atoms with Crippen LogP contribution in [0, 0.1) is 0 Å². The first kappa shape index (κ1) is 15.1. The minimum Gasteiger partial charge on any atom is -0.504 e. The van der Waals surface area contributed by atoms with Crippen LogP contribution in [0.1, 0.15) is 25.2 Å². The van der Waals surface area contributed by atoms with Gasteiger partial charge in [0.25, 0.3) is 0 Å². The number of aliphatic hydroxyl groups is 1. The van der Waals surface area contributed by atoms with E-state index >= 15 is 0 Å². The highest BCUT2D eigenvalue weighted by atomic mass is 16.5. The summed E-state index contributed by atoms with van der Waals surface area (Å²) in [6.07, 6.45) is 2.48. The summed E-state index contributed by atoms with van der Waals surface area (Å²) in [6.45, 7) is 3.56. The van der Waals surface area contributed by atoms with Crippen LogP contribution in [0.3, 0.4) is 0 Å². The molecule has 0 saturated carbocycles. The highest BCUT2D eigenvalue weighted by Gasteiger charge is 2.16. The Hall–Kier alpha value is -2.27. The predicted molar refractivity (Wildman–Crippen MR) is 79.8 cm³/mol. The van der Waals surface area contributed by atoms with E-state index in [1.807, 2.05) is 19.9 Å². The highest BCUT2D eigenvalue weighted by Crippen LogP contribution is 2.36. The zero-order valence-electron chi connectivity index (χ0n) is 12.3. The SMILES string of the molecule is COc1c(O)cc2c(=O)oc(CO)cc2c1CC=C(C)C. The Morgan fingerprint density at radius 3 is 2.62 bits per heavy atom. The van der Waals surface area contributed by atoms with Gasteiger partial charge >= 0.3 is 5.63 Å². The van der Waals surface area contributed by atoms with Crippen molar-refractivity contribution < 1.29 is 19.4 Å². The lowest BCUT2D eigenvalue weighted by molar-refractivity contribution is 0.241. The second-order valence-electron chi connectivity index (χ2n) is 5.01. The van der Waals surface area contributed by atoms with Gasteiger partial charge in [-0.15, -0.1) is 0 Å². The first-order valence-electron chi connectivity index (χ1n) is 6.57. The Morgan fingerprint density at radius 1 is 1.33 bits per heavy atom. The smallest absolute Gasteiger partial charge is 0.344 e. The number of fused-ring (bicyclic) bond motifs is 1. The number of hydrogen-bond donors (Lipinski definition) is 2. The molecular weight excluding hydrogens is 272 g/mol. The minimum atomic E-state index is -0.590. The summed E-state index contributed by atoms with van der Waals surface area (Å²) in [4.78, 5) is 12.0. The molecule has 0 saturated heterocycles. The third-order valence-electron chi connectivity index (χ3n) is 3.23. The van der Waals surface area contributed by atoms with E-state index in [0.717, 1.165) is 5.57 Å². The molecule has 0 unspecified atom stereocenters. The summed E-state index contributed by atoms with van der Waals surface area (Å²) in [7, 11) is 1.46. The Balaban J connectivity index is 2.84. The van der Waals surface area contributed by atoms with Gasteiger partial charge in [0.05, 0.1) is 12.5 Å². The Labute approximate surface area is 122 Å². The van der Waals surface area contributed by atoms with E-state index in [0.29, 0.717) is 23.1 Å². The van der Waals surface area contributed by atoms with Gasteiger partial charge in [-0.05, 0) is 37.8 Å². The van der Waals surface area contributed by atoms with E-state index in [9.17, 15) is 15.0 Å². The standard InChI is InChI=1S/C16H18O5/c1-9(2)4-5-11-12-6-10(8-17)21-16(19)13(12)7-14(18)15(11)20-3/h4,6-7,17-18H,5,8H2,1-3H3. The van der Waals surface area contributed by atoms with E-state index in [2.05, 4.69) is 0 Å². The van der Waals surface area contributed by atoms with E-state index in [1.54, 1.807) is 6.07 Å². The summed E-state index contributed by atoms with van der Waals surface area (Å²) in [6, 6.07) is 2.93. The fraction of sp³-hybridized carbons (Fsp3) is 0.312. The molecule has 1 aromatic heterocycles. The van der Waals surface area contributed by atoms with Crippen LogP contribution in [0.4, 0.5) is 0 Å². The van der Waals surface area contributed by atoms with Crippen molar-refractivity contribution >= 4 is 10.8 Å². The van der Waals surface area contributed by atoms with E-state index in [4.69, 9.17) is 9.15 Å². The normalized spacial score (nSPS) is 10.7. The van der Waals surface area contributed by atoms with Crippen LogP contribution < -0.4 is 10.4 Å². The lowest BCUT2D eigenvalue weighted by Crippen LogP contribution is -2.05. The van der Waals surface area contributed by atoms with Gasteiger partial charge in [0, 0.05) is 5.56 Å². The van der Waals surface area contributed by atoms with E-state index in [-0.39, 0.29) is 23.5 Å². The topological polar surface area (TPSA) is 79.9 Å². The average molecular weight is 290 g/mol. The fourth-order valence-electron chi connectivity index (χ4n) is 2.23. The van der Waals surface area contributed by atoms with E-state index < -0.39 is 5.63 Å². The summed E-state index contributed by atoms with van der Waals surface area (Å²) < 4.78 is 10.2. The van der Waals surface area contributed by atoms with Crippen LogP contribution in [0.5, 0.6) is 11.5 Å². The summed E-state index contributed by atoms with van der Waals surface area (Å²) >= 11 is 0. The van der Waals surface area contributed by atoms with Crippen LogP contribution >= 0.6 is 0 Å². The maximum atomic E-state index is 12.0. The largest absolute Gasteiger partial charge is 0.504 e. The number of aromatic hydroxyl groups is 1. The first-order chi connectivity index (χ1) is 9.97. The van der Waals surface area contributed by atoms with Crippen LogP contribution in [-0.2, 0) is 13.0 Å². The molecule has 0 radical (unpaired) electrons. The Morgan fingerprint density at radius 2 is 2.05 bits per heavy atom. The molecule has 0 fully saturated rings. The zero-order valence-corrected chi connectivity index (χ0v) is 12.3. The fourth-order valence-corrected chi connectivity index (χ4v) is 2.23. The number of ether oxygens (including phenoxy) is 1. The molecule has 0 aliphatic carbocycles. The molecule has 112 valence electrons. The monoisotopic (exact) mass is 290 g/mol. The molecule has 1 aromatic carbocycles. The first-order valence-corrected chi connectivity index (χ1v) is 6.57. The van der Waals surface area contributed by atoms with Crippen LogP contribution in [0.15, 0.2) is 33.0 Å². The van der Waals surface area contributed by atoms with Crippen molar-refractivity contribution in [3.8, 4) is 11.5 Å². The van der Waals surface area contributed by atoms with Gasteiger partial charge in [-0.2, -0.15) is 0 Å². The average Bonchev–Trinajstić information content (AvgIpc) is 2.44. The molecule has 1 heterocycles. The molecule has 2 aromatic rings. The maximum Gasteiger partial charge on any atom is 0.344 e. The van der Waals surface area contributed by atoms with Crippen molar-refractivity contribution in [1.29, 1.82) is 0 Å². The van der Waals surface area contributed by atoms with Crippen molar-refractivity contribution in [2.75, 3.05) is 7.11 Å². The molecule has 2 rings (SSSR count). The highest BCUT2D eigenvalue weighted by molar-refractivity contribution is 5.89. The van der Waals surface area contributed by atoms with Crippen molar-refractivity contribution in [3.63, 3.8) is 0 Å². The number of methoxy groups -OCH3 is 1. The second-order valence-corrected chi connectivity index (χ2v) is 5.01. The molecule has 0 spiro atoms. The van der Waals surface area contributed by atoms with E-state index in [1.165, 1.54) is 13.2 Å². The summed E-state index contributed by atoms with van der Waals surface area (Å²) in [5.74, 6) is 0.402. The van der Waals surface area contributed by atoms with Gasteiger partial charge in [-0.25, -0.2) is 4.79 Å². The van der Waals surface area contributed by atoms with Crippen LogP contribution in [0.25, 0.3) is 10.8 Å². The van der Waals surface area contributed by atoms with Gasteiger partial charge < -0.3 is 19.4 Å². The van der Waals surface area contributed by atoms with Gasteiger partial charge in [-0.1, -0.05) is 11.6 Å². The number of hydrogen-bond acceptors (Lipinski definition) is 5. The van der Waals surface area contributed by atoms with Crippen molar-refractivity contribution in [3.05, 3.63) is 45.5 Å². The van der Waals surface area contributed by atoms with Gasteiger partial charge in [-0.3, -0.25) is 0 Å². The quantitative estimate of drug-likeness (QED) is 0.846. The van der Waals surface area contributed by atoms with Crippen molar-refractivity contribution in [2.24, 2.45) is 0 Å². The van der Waals surface area contributed by atoms with Crippen molar-refractivity contribution in [1.82, 2.24) is 0 Å². The zero-order chi connectivity index (χ0) is 15.6. The number of aliphatic hydroxyl groups excluding tert-OH is 1. The third-order valence-corrected chi connectivity index (χ3v) is 3.23. The lowest BCUT2D eigenvalue weighted by Gasteiger charge is -2.13. The molecule has 2 N–H and O–H groups in total. The van der Waals surface area contributed by atoms with Gasteiger partial charge in [0.1, 0.15) is 12.4 Å². The van der Waals surface area contributed by atoms with Gasteiger partial charge in [0.2, 0.25) is 0 Å². The molecule has 5 nitrogen and oxygen atoms in total. The molecule has 0 atom stereocenters. The number of phenols is 1. The molecule has 0 amide bonds. The lowest BCUT2D eigenvalue weighted by atomic mass is 10.00. The van der Waals surface area contributed by atoms with Gasteiger partial charge in [0.15, 0.2) is 11.5 Å².